The van der Waals surface area contributed by atoms with Crippen LogP contribution in [0.15, 0.2) is 42.2 Å². The Morgan fingerprint density at radius 3 is 2.45 bits per heavy atom. The topological polar surface area (TPSA) is 104 Å². The number of carbonyl (C=O) groups is 3. The molecule has 2 rings (SSSR count). The molecule has 1 aliphatic rings. The van der Waals surface area contributed by atoms with E-state index in [0.717, 1.165) is 12.2 Å². The van der Waals surface area contributed by atoms with E-state index in [2.05, 4.69) is 0 Å². The first-order chi connectivity index (χ1) is 10.4. The number of nitro groups is 1. The van der Waals surface area contributed by atoms with Gasteiger partial charge in [-0.05, 0) is 30.7 Å². The van der Waals surface area contributed by atoms with E-state index in [0.29, 0.717) is 5.56 Å². The molecule has 0 spiro atoms. The third kappa shape index (κ3) is 3.32. The molecule has 1 aliphatic heterocycles. The molecule has 0 aliphatic carbocycles. The fourth-order valence-electron chi connectivity index (χ4n) is 1.88. The van der Waals surface area contributed by atoms with Crippen LogP contribution in [0.4, 0.5) is 5.69 Å². The van der Waals surface area contributed by atoms with Crippen LogP contribution in [0.3, 0.4) is 0 Å². The van der Waals surface area contributed by atoms with Crippen LogP contribution < -0.4 is 0 Å². The normalized spacial score (nSPS) is 18.0. The number of allylic oxidation sites excluding steroid dienone is 3. The van der Waals surface area contributed by atoms with Gasteiger partial charge in [0.1, 0.15) is 5.76 Å². The van der Waals surface area contributed by atoms with E-state index in [4.69, 9.17) is 4.74 Å². The Morgan fingerprint density at radius 1 is 1.27 bits per heavy atom. The largest absolute Gasteiger partial charge is 0.430 e. The molecule has 112 valence electrons. The van der Waals surface area contributed by atoms with Gasteiger partial charge in [-0.25, -0.2) is 0 Å². The van der Waals surface area contributed by atoms with Gasteiger partial charge in [-0.15, -0.1) is 0 Å². The number of rotatable bonds is 4. The quantitative estimate of drug-likeness (QED) is 0.276. The fourth-order valence-corrected chi connectivity index (χ4v) is 1.88. The number of cyclic esters (lactones) is 1. The highest BCUT2D eigenvalue weighted by Crippen LogP contribution is 2.17. The second-order valence-electron chi connectivity index (χ2n) is 4.60. The van der Waals surface area contributed by atoms with Gasteiger partial charge < -0.3 is 4.74 Å². The van der Waals surface area contributed by atoms with Crippen LogP contribution in [0, 0.1) is 16.0 Å². The van der Waals surface area contributed by atoms with Crippen LogP contribution in [0.2, 0.25) is 0 Å². The maximum absolute atomic E-state index is 11.9. The zero-order valence-electron chi connectivity index (χ0n) is 11.5. The number of hydrogen-bond donors (Lipinski definition) is 0. The molecule has 0 saturated carbocycles. The lowest BCUT2D eigenvalue weighted by Gasteiger charge is -2.15. The van der Waals surface area contributed by atoms with Gasteiger partial charge >= 0.3 is 5.97 Å². The average molecular weight is 301 g/mol. The molecule has 0 saturated heterocycles. The zero-order chi connectivity index (χ0) is 16.3. The minimum atomic E-state index is -1.49. The fraction of sp³-hybridized carbons (Fsp3) is 0.133. The minimum Gasteiger partial charge on any atom is -0.430 e. The second kappa shape index (κ2) is 6.13. The number of hydrogen-bond acceptors (Lipinski definition) is 6. The first-order valence-corrected chi connectivity index (χ1v) is 6.28. The summed E-state index contributed by atoms with van der Waals surface area (Å²) < 4.78 is 4.76. The third-order valence-corrected chi connectivity index (χ3v) is 2.96. The first-order valence-electron chi connectivity index (χ1n) is 6.28. The molecule has 0 amide bonds. The molecular weight excluding hydrogens is 290 g/mol. The zero-order valence-corrected chi connectivity index (χ0v) is 11.5. The highest BCUT2D eigenvalue weighted by atomic mass is 16.6. The van der Waals surface area contributed by atoms with E-state index in [9.17, 15) is 24.5 Å². The number of nitrogens with zero attached hydrogens (tertiary/aromatic N) is 1. The average Bonchev–Trinajstić information content (AvgIpc) is 2.44. The Labute approximate surface area is 125 Å². The summed E-state index contributed by atoms with van der Waals surface area (Å²) in [6.45, 7) is 1.45. The summed E-state index contributed by atoms with van der Waals surface area (Å²) in [6, 6.07) is 5.48. The summed E-state index contributed by atoms with van der Waals surface area (Å²) in [4.78, 5) is 45.2. The number of carbonyl (C=O) groups excluding carboxylic acids is 3. The maximum atomic E-state index is 11.9. The van der Waals surface area contributed by atoms with Gasteiger partial charge in [0, 0.05) is 18.2 Å². The van der Waals surface area contributed by atoms with Crippen molar-refractivity contribution in [1.82, 2.24) is 0 Å². The van der Waals surface area contributed by atoms with Crippen molar-refractivity contribution in [2.45, 2.75) is 6.92 Å². The lowest BCUT2D eigenvalue weighted by Crippen LogP contribution is -2.34. The van der Waals surface area contributed by atoms with Gasteiger partial charge in [-0.1, -0.05) is 6.08 Å². The monoisotopic (exact) mass is 301 g/mol. The third-order valence-electron chi connectivity index (χ3n) is 2.96. The number of ether oxygens (including phenoxy) is 1. The second-order valence-corrected chi connectivity index (χ2v) is 4.60. The lowest BCUT2D eigenvalue weighted by molar-refractivity contribution is -0.384. The van der Waals surface area contributed by atoms with E-state index < -0.39 is 28.4 Å². The SMILES string of the molecule is CC1=CC(=O)[C@H](C(=O)/C=C/c2ccc([N+](=O)[O-])cc2)C(=O)O1. The Balaban J connectivity index is 2.13. The Hall–Kier alpha value is -3.09. The summed E-state index contributed by atoms with van der Waals surface area (Å²) in [7, 11) is 0. The van der Waals surface area contributed by atoms with E-state index in [1.54, 1.807) is 0 Å². The van der Waals surface area contributed by atoms with Crippen LogP contribution in [-0.4, -0.2) is 22.5 Å². The predicted molar refractivity (Wildman–Crippen MR) is 75.5 cm³/mol. The van der Waals surface area contributed by atoms with E-state index in [1.165, 1.54) is 37.3 Å². The summed E-state index contributed by atoms with van der Waals surface area (Å²) in [5.74, 6) is -3.55. The number of ketones is 2. The number of nitro benzene ring substituents is 1. The molecule has 22 heavy (non-hydrogen) atoms. The number of benzene rings is 1. The van der Waals surface area contributed by atoms with Crippen LogP contribution in [0.25, 0.3) is 6.08 Å². The first kappa shape index (κ1) is 15.3. The molecule has 0 fully saturated rings. The van der Waals surface area contributed by atoms with E-state index in [-0.39, 0.29) is 11.4 Å². The summed E-state index contributed by atoms with van der Waals surface area (Å²) in [5, 5.41) is 10.5. The lowest BCUT2D eigenvalue weighted by atomic mass is 9.96. The molecule has 0 aromatic heterocycles. The Bertz CT molecular complexity index is 714. The van der Waals surface area contributed by atoms with Crippen molar-refractivity contribution in [2.75, 3.05) is 0 Å². The van der Waals surface area contributed by atoms with Crippen molar-refractivity contribution >= 4 is 29.3 Å². The van der Waals surface area contributed by atoms with Crippen LogP contribution in [-0.2, 0) is 19.1 Å². The molecule has 0 N–H and O–H groups in total. The van der Waals surface area contributed by atoms with E-state index >= 15 is 0 Å². The van der Waals surface area contributed by atoms with Gasteiger partial charge in [0.05, 0.1) is 4.92 Å². The summed E-state index contributed by atoms with van der Waals surface area (Å²) in [5.41, 5.74) is 0.456. The molecule has 0 bridgehead atoms. The van der Waals surface area contributed by atoms with Crippen molar-refractivity contribution in [1.29, 1.82) is 0 Å². The minimum absolute atomic E-state index is 0.0740. The molecule has 0 unspecified atom stereocenters. The summed E-state index contributed by atoms with van der Waals surface area (Å²) in [6.07, 6.45) is 3.56. The predicted octanol–water partition coefficient (Wildman–Crippen LogP) is 1.82. The maximum Gasteiger partial charge on any atom is 0.329 e. The highest BCUT2D eigenvalue weighted by molar-refractivity contribution is 6.25. The van der Waals surface area contributed by atoms with Gasteiger partial charge in [-0.2, -0.15) is 0 Å². The molecule has 1 aromatic carbocycles. The molecule has 1 atom stereocenters. The molecule has 1 aromatic rings. The van der Waals surface area contributed by atoms with Crippen LogP contribution in [0.1, 0.15) is 12.5 Å². The Kier molecular flexibility index (Phi) is 4.26. The van der Waals surface area contributed by atoms with Crippen molar-refractivity contribution < 1.29 is 24.0 Å². The van der Waals surface area contributed by atoms with Crippen molar-refractivity contribution in [3.8, 4) is 0 Å². The molecule has 7 heteroatoms. The van der Waals surface area contributed by atoms with Crippen LogP contribution in [0.5, 0.6) is 0 Å². The number of esters is 1. The van der Waals surface area contributed by atoms with Crippen molar-refractivity contribution in [2.24, 2.45) is 5.92 Å². The van der Waals surface area contributed by atoms with Crippen LogP contribution >= 0.6 is 0 Å². The molecule has 0 radical (unpaired) electrons. The molecular formula is C15H11NO6. The van der Waals surface area contributed by atoms with Gasteiger partial charge in [0.25, 0.3) is 5.69 Å². The smallest absolute Gasteiger partial charge is 0.329 e. The van der Waals surface area contributed by atoms with Gasteiger partial charge in [0.2, 0.25) is 0 Å². The van der Waals surface area contributed by atoms with Gasteiger partial charge in [0.15, 0.2) is 17.5 Å². The van der Waals surface area contributed by atoms with Crippen molar-refractivity contribution in [3.05, 3.63) is 57.9 Å². The molecule has 1 heterocycles. The summed E-state index contributed by atoms with van der Waals surface area (Å²) >= 11 is 0. The van der Waals surface area contributed by atoms with E-state index in [1.807, 2.05) is 0 Å². The number of non-ortho nitro benzene ring substituents is 1. The molecule has 7 nitrogen and oxygen atoms in total. The van der Waals surface area contributed by atoms with Crippen molar-refractivity contribution in [3.63, 3.8) is 0 Å². The standard InChI is InChI=1S/C15H11NO6/c1-9-8-13(18)14(15(19)22-9)12(17)7-4-10-2-5-11(6-3-10)16(20)21/h2-8,14H,1H3/b7-4+/t14-/m0/s1. The van der Waals surface area contributed by atoms with Gasteiger partial charge in [-0.3, -0.25) is 24.5 Å². The highest BCUT2D eigenvalue weighted by Gasteiger charge is 2.36. The Morgan fingerprint density at radius 2 is 1.91 bits per heavy atom.